The van der Waals surface area contributed by atoms with Crippen molar-refractivity contribution in [2.24, 2.45) is 0 Å². The first-order valence-corrected chi connectivity index (χ1v) is 12.0. The molecule has 2 aliphatic heterocycles. The summed E-state index contributed by atoms with van der Waals surface area (Å²) in [4.78, 5) is 20.6. The Bertz CT molecular complexity index is 1180. The first kappa shape index (κ1) is 22.9. The Morgan fingerprint density at radius 1 is 1.15 bits per heavy atom. The average molecular weight is 471 g/mol. The minimum atomic E-state index is -1.25. The van der Waals surface area contributed by atoms with Crippen molar-refractivity contribution in [2.75, 3.05) is 26.2 Å². The van der Waals surface area contributed by atoms with Crippen LogP contribution in [-0.4, -0.2) is 73.0 Å². The maximum atomic E-state index is 14.7. The van der Waals surface area contributed by atoms with Crippen molar-refractivity contribution in [1.82, 2.24) is 29.7 Å². The van der Waals surface area contributed by atoms with E-state index < -0.39 is 11.4 Å². The van der Waals surface area contributed by atoms with Crippen LogP contribution in [0.3, 0.4) is 0 Å². The van der Waals surface area contributed by atoms with Crippen LogP contribution in [0, 0.1) is 5.82 Å². The van der Waals surface area contributed by atoms with E-state index in [1.807, 2.05) is 4.90 Å². The monoisotopic (exact) mass is 470 g/mol. The summed E-state index contributed by atoms with van der Waals surface area (Å²) in [5.41, 5.74) is -0.673. The highest BCUT2D eigenvalue weighted by molar-refractivity contribution is 5.84. The Balaban J connectivity index is 1.30. The number of para-hydroxylation sites is 1. The predicted octanol–water partition coefficient (Wildman–Crippen LogP) is 2.97. The average Bonchev–Trinajstić information content (AvgIpc) is 3.45. The number of likely N-dealkylation sites (tertiary alicyclic amines) is 2. The lowest BCUT2D eigenvalue weighted by atomic mass is 9.93. The van der Waals surface area contributed by atoms with Gasteiger partial charge in [-0.3, -0.25) is 4.79 Å². The van der Waals surface area contributed by atoms with Crippen LogP contribution in [0.1, 0.15) is 64.0 Å². The number of aliphatic hydroxyl groups is 1. The number of carbonyl (C=O) groups is 1. The molecule has 182 valence electrons. The van der Waals surface area contributed by atoms with Crippen LogP contribution in [0.25, 0.3) is 16.9 Å². The Morgan fingerprint density at radius 3 is 2.50 bits per heavy atom. The van der Waals surface area contributed by atoms with Gasteiger partial charge in [0.25, 0.3) is 5.95 Å². The number of aromatic nitrogens is 4. The third-order valence-corrected chi connectivity index (χ3v) is 7.16. The highest BCUT2D eigenvalue weighted by Gasteiger charge is 2.32. The maximum Gasteiger partial charge on any atom is 0.291 e. The molecule has 0 bridgehead atoms. The number of halogens is 1. The first-order chi connectivity index (χ1) is 16.2. The molecule has 4 heterocycles. The normalized spacial score (nSPS) is 19.3. The minimum Gasteiger partial charge on any atom is -0.384 e. The van der Waals surface area contributed by atoms with Gasteiger partial charge in [0.1, 0.15) is 22.6 Å². The van der Waals surface area contributed by atoms with E-state index in [1.54, 1.807) is 32.9 Å². The predicted molar refractivity (Wildman–Crippen MR) is 123 cm³/mol. The van der Waals surface area contributed by atoms with Crippen molar-refractivity contribution in [1.29, 1.82) is 0 Å². The van der Waals surface area contributed by atoms with Gasteiger partial charge in [0.05, 0.1) is 0 Å². The van der Waals surface area contributed by atoms with Gasteiger partial charge in [0, 0.05) is 37.4 Å². The van der Waals surface area contributed by atoms with Crippen LogP contribution in [0.15, 0.2) is 22.7 Å². The Hall–Kier alpha value is -2.85. The van der Waals surface area contributed by atoms with Crippen molar-refractivity contribution in [3.05, 3.63) is 35.6 Å². The summed E-state index contributed by atoms with van der Waals surface area (Å²) in [7, 11) is 0. The number of rotatable bonds is 4. The van der Waals surface area contributed by atoms with Crippen LogP contribution in [0.2, 0.25) is 0 Å². The zero-order valence-electron chi connectivity index (χ0n) is 19.9. The highest BCUT2D eigenvalue weighted by atomic mass is 19.1. The van der Waals surface area contributed by atoms with E-state index in [0.29, 0.717) is 23.0 Å². The van der Waals surface area contributed by atoms with E-state index in [2.05, 4.69) is 20.1 Å². The molecule has 1 aromatic carbocycles. The third kappa shape index (κ3) is 4.20. The van der Waals surface area contributed by atoms with Gasteiger partial charge in [-0.05, 0) is 63.8 Å². The SMILES string of the molecule is CC(=O)N1CCC(N2CCC(c3nc(-n4nc(C(C)(C)O)c5cccc(F)c54)no3)CC2)CC1. The second-order valence-corrected chi connectivity index (χ2v) is 9.94. The quantitative estimate of drug-likeness (QED) is 0.626. The van der Waals surface area contributed by atoms with Gasteiger partial charge in [0.2, 0.25) is 11.8 Å². The maximum absolute atomic E-state index is 14.7. The fraction of sp³-hybridized carbons (Fsp3) is 0.583. The molecule has 2 aliphatic rings. The zero-order chi connectivity index (χ0) is 24.0. The van der Waals surface area contributed by atoms with Gasteiger partial charge < -0.3 is 19.4 Å². The van der Waals surface area contributed by atoms with Crippen molar-refractivity contribution in [2.45, 2.75) is 64.0 Å². The summed E-state index contributed by atoms with van der Waals surface area (Å²) >= 11 is 0. The van der Waals surface area contributed by atoms with Gasteiger partial charge in [-0.15, -0.1) is 0 Å². The fourth-order valence-corrected chi connectivity index (χ4v) is 5.26. The lowest BCUT2D eigenvalue weighted by molar-refractivity contribution is -0.130. The molecule has 1 N–H and O–H groups in total. The molecule has 2 fully saturated rings. The summed E-state index contributed by atoms with van der Waals surface area (Å²) in [6, 6.07) is 5.19. The van der Waals surface area contributed by atoms with Crippen LogP contribution >= 0.6 is 0 Å². The number of benzene rings is 1. The Morgan fingerprint density at radius 2 is 1.85 bits per heavy atom. The van der Waals surface area contributed by atoms with E-state index in [1.165, 1.54) is 10.7 Å². The van der Waals surface area contributed by atoms with Gasteiger partial charge in [0.15, 0.2) is 0 Å². The third-order valence-electron chi connectivity index (χ3n) is 7.16. The summed E-state index contributed by atoms with van der Waals surface area (Å²) in [6.45, 7) is 8.40. The molecule has 9 nitrogen and oxygen atoms in total. The number of carbonyl (C=O) groups excluding carboxylic acids is 1. The zero-order valence-corrected chi connectivity index (χ0v) is 19.9. The summed E-state index contributed by atoms with van der Waals surface area (Å²) < 4.78 is 21.6. The standard InChI is InChI=1S/C24H31FN6O3/c1-15(32)29-13-9-17(10-14-29)30-11-7-16(8-12-30)22-26-23(28-34-22)31-20-18(5-4-6-19(20)25)21(27-31)24(2,3)33/h4-6,16-17,33H,7-14H2,1-3H3. The van der Waals surface area contributed by atoms with E-state index in [9.17, 15) is 14.3 Å². The summed E-state index contributed by atoms with van der Waals surface area (Å²) in [5.74, 6) is 0.528. The van der Waals surface area contributed by atoms with Crippen molar-refractivity contribution >= 4 is 16.8 Å². The van der Waals surface area contributed by atoms with Gasteiger partial charge in [-0.25, -0.2) is 4.39 Å². The Labute approximate surface area is 197 Å². The van der Waals surface area contributed by atoms with E-state index in [4.69, 9.17) is 4.52 Å². The smallest absolute Gasteiger partial charge is 0.291 e. The first-order valence-electron chi connectivity index (χ1n) is 12.0. The highest BCUT2D eigenvalue weighted by Crippen LogP contribution is 2.33. The minimum absolute atomic E-state index is 0.134. The summed E-state index contributed by atoms with van der Waals surface area (Å²) in [6.07, 6.45) is 3.82. The molecule has 2 saturated heterocycles. The molecule has 2 aromatic heterocycles. The molecule has 1 amide bonds. The molecule has 34 heavy (non-hydrogen) atoms. The molecule has 0 spiro atoms. The molecular formula is C24H31FN6O3. The molecule has 0 aliphatic carbocycles. The fourth-order valence-electron chi connectivity index (χ4n) is 5.26. The molecule has 0 saturated carbocycles. The molecule has 10 heteroatoms. The number of hydrogen-bond acceptors (Lipinski definition) is 7. The summed E-state index contributed by atoms with van der Waals surface area (Å²) in [5, 5.41) is 19.6. The molecule has 5 rings (SSSR count). The van der Waals surface area contributed by atoms with E-state index in [0.717, 1.165) is 51.9 Å². The van der Waals surface area contributed by atoms with Crippen LogP contribution in [-0.2, 0) is 10.4 Å². The molecular weight excluding hydrogens is 439 g/mol. The molecule has 3 aromatic rings. The van der Waals surface area contributed by atoms with E-state index in [-0.39, 0.29) is 23.3 Å². The van der Waals surface area contributed by atoms with Crippen LogP contribution < -0.4 is 0 Å². The number of nitrogens with zero attached hydrogens (tertiary/aromatic N) is 6. The number of piperidine rings is 2. The van der Waals surface area contributed by atoms with Gasteiger partial charge >= 0.3 is 0 Å². The van der Waals surface area contributed by atoms with Crippen molar-refractivity contribution < 1.29 is 18.8 Å². The van der Waals surface area contributed by atoms with E-state index >= 15 is 0 Å². The number of hydrogen-bond donors (Lipinski definition) is 1. The topological polar surface area (TPSA) is 101 Å². The Kier molecular flexibility index (Phi) is 5.89. The largest absolute Gasteiger partial charge is 0.384 e. The van der Waals surface area contributed by atoms with Gasteiger partial charge in [-0.1, -0.05) is 12.1 Å². The van der Waals surface area contributed by atoms with Crippen LogP contribution in [0.5, 0.6) is 0 Å². The lowest BCUT2D eigenvalue weighted by Gasteiger charge is -2.41. The molecule has 0 atom stereocenters. The number of fused-ring (bicyclic) bond motifs is 1. The van der Waals surface area contributed by atoms with Gasteiger partial charge in [-0.2, -0.15) is 14.8 Å². The van der Waals surface area contributed by atoms with Crippen LogP contribution in [0.4, 0.5) is 4.39 Å². The van der Waals surface area contributed by atoms with Crippen molar-refractivity contribution in [3.63, 3.8) is 0 Å². The van der Waals surface area contributed by atoms with Crippen molar-refractivity contribution in [3.8, 4) is 5.95 Å². The molecule has 0 radical (unpaired) electrons. The lowest BCUT2D eigenvalue weighted by Crippen LogP contribution is -2.48. The second kappa shape index (κ2) is 8.74. The molecule has 0 unspecified atom stereocenters. The second-order valence-electron chi connectivity index (χ2n) is 9.94. The number of amides is 1.